The Labute approximate surface area is 168 Å². The van der Waals surface area contributed by atoms with Crippen molar-refractivity contribution in [2.24, 2.45) is 0 Å². The number of nitrogens with one attached hydrogen (secondary N) is 1. The Balaban J connectivity index is 2.54. The molecule has 29 heavy (non-hydrogen) atoms. The minimum atomic E-state index is -1.23. The number of ether oxygens (including phenoxy) is 1. The highest BCUT2D eigenvalue weighted by Gasteiger charge is 2.26. The molecule has 1 unspecified atom stereocenters. The van der Waals surface area contributed by atoms with E-state index < -0.39 is 41.8 Å². The molecule has 0 spiro atoms. The van der Waals surface area contributed by atoms with Crippen LogP contribution in [0, 0.1) is 25.5 Å². The first kappa shape index (κ1) is 22.3. The van der Waals surface area contributed by atoms with Crippen molar-refractivity contribution >= 4 is 12.1 Å². The fraction of sp³-hybridized carbons (Fsp3) is 0.364. The normalized spacial score (nSPS) is 12.4. The maximum atomic E-state index is 14.9. The average Bonchev–Trinajstić information content (AvgIpc) is 2.54. The van der Waals surface area contributed by atoms with Gasteiger partial charge in [0.1, 0.15) is 17.2 Å². The summed E-state index contributed by atoms with van der Waals surface area (Å²) in [6, 6.07) is 6.28. The second-order valence-electron chi connectivity index (χ2n) is 7.92. The molecule has 0 saturated carbocycles. The van der Waals surface area contributed by atoms with Gasteiger partial charge in [0.2, 0.25) is 0 Å². The Morgan fingerprint density at radius 3 is 2.34 bits per heavy atom. The maximum Gasteiger partial charge on any atom is 0.408 e. The lowest BCUT2D eigenvalue weighted by Crippen LogP contribution is -2.36. The van der Waals surface area contributed by atoms with E-state index in [9.17, 15) is 23.5 Å². The Bertz CT molecular complexity index is 915. The SMILES string of the molecule is Cc1cc(-c2c(C)cccc2F)cc(C(CC(=O)O)NC(=O)OC(C)(C)C)c1F. The minimum Gasteiger partial charge on any atom is -0.481 e. The molecule has 7 heteroatoms. The number of carbonyl (C=O) groups is 2. The van der Waals surface area contributed by atoms with Crippen molar-refractivity contribution in [1.29, 1.82) is 0 Å². The topological polar surface area (TPSA) is 75.6 Å². The molecule has 156 valence electrons. The minimum absolute atomic E-state index is 0.0455. The standard InChI is InChI=1S/C22H25F2NO4/c1-12-7-6-8-16(23)19(12)14-9-13(2)20(24)15(10-14)17(11-18(26)27)25-21(28)29-22(3,4)5/h6-10,17H,11H2,1-5H3,(H,25,28)(H,26,27). The third kappa shape index (κ3) is 5.76. The molecule has 0 aliphatic carbocycles. The van der Waals surface area contributed by atoms with Crippen molar-refractivity contribution in [2.75, 3.05) is 0 Å². The number of amides is 1. The van der Waals surface area contributed by atoms with Gasteiger partial charge in [0.15, 0.2) is 0 Å². The second-order valence-corrected chi connectivity index (χ2v) is 7.92. The van der Waals surface area contributed by atoms with Crippen molar-refractivity contribution < 1.29 is 28.2 Å². The van der Waals surface area contributed by atoms with E-state index in [2.05, 4.69) is 5.32 Å². The zero-order valence-corrected chi connectivity index (χ0v) is 17.1. The van der Waals surface area contributed by atoms with Crippen LogP contribution in [0.3, 0.4) is 0 Å². The predicted octanol–water partition coefficient (Wildman–Crippen LogP) is 5.29. The zero-order valence-electron chi connectivity index (χ0n) is 17.1. The quantitative estimate of drug-likeness (QED) is 0.709. The van der Waals surface area contributed by atoms with E-state index in [0.717, 1.165) is 0 Å². The van der Waals surface area contributed by atoms with Gasteiger partial charge in [-0.25, -0.2) is 13.6 Å². The third-order valence-electron chi connectivity index (χ3n) is 4.24. The number of hydrogen-bond acceptors (Lipinski definition) is 3. The van der Waals surface area contributed by atoms with Crippen LogP contribution in [0.25, 0.3) is 11.1 Å². The van der Waals surface area contributed by atoms with E-state index in [1.165, 1.54) is 25.1 Å². The molecular formula is C22H25F2NO4. The van der Waals surface area contributed by atoms with E-state index in [1.807, 2.05) is 0 Å². The molecule has 0 aliphatic rings. The first-order valence-electron chi connectivity index (χ1n) is 9.16. The first-order chi connectivity index (χ1) is 13.4. The van der Waals surface area contributed by atoms with Crippen molar-refractivity contribution in [3.05, 3.63) is 58.7 Å². The highest BCUT2D eigenvalue weighted by Crippen LogP contribution is 2.33. The lowest BCUT2D eigenvalue weighted by molar-refractivity contribution is -0.137. The summed E-state index contributed by atoms with van der Waals surface area (Å²) in [5, 5.41) is 11.7. The number of carboxylic acids is 1. The van der Waals surface area contributed by atoms with Crippen LogP contribution in [0.4, 0.5) is 13.6 Å². The van der Waals surface area contributed by atoms with Crippen LogP contribution in [0.5, 0.6) is 0 Å². The van der Waals surface area contributed by atoms with Crippen LogP contribution in [0.1, 0.15) is 49.9 Å². The van der Waals surface area contributed by atoms with Gasteiger partial charge >= 0.3 is 12.1 Å². The molecule has 1 amide bonds. The molecule has 0 aliphatic heterocycles. The number of carboxylic acid groups (broad SMARTS) is 1. The van der Waals surface area contributed by atoms with Crippen molar-refractivity contribution in [3.8, 4) is 11.1 Å². The Kier molecular flexibility index (Phi) is 6.62. The monoisotopic (exact) mass is 405 g/mol. The lowest BCUT2D eigenvalue weighted by Gasteiger charge is -2.24. The molecule has 2 rings (SSSR count). The van der Waals surface area contributed by atoms with Gasteiger partial charge in [0.25, 0.3) is 0 Å². The van der Waals surface area contributed by atoms with E-state index in [-0.39, 0.29) is 11.1 Å². The number of benzene rings is 2. The van der Waals surface area contributed by atoms with Crippen LogP contribution in [0.2, 0.25) is 0 Å². The number of aryl methyl sites for hydroxylation is 2. The average molecular weight is 405 g/mol. The summed E-state index contributed by atoms with van der Waals surface area (Å²) in [5.74, 6) is -2.36. The molecule has 0 radical (unpaired) electrons. The van der Waals surface area contributed by atoms with E-state index in [4.69, 9.17) is 4.74 Å². The van der Waals surface area contributed by atoms with Crippen molar-refractivity contribution in [2.45, 2.75) is 52.7 Å². The summed E-state index contributed by atoms with van der Waals surface area (Å²) in [4.78, 5) is 23.5. The zero-order chi connectivity index (χ0) is 21.9. The number of aliphatic carboxylic acids is 1. The molecule has 2 aromatic carbocycles. The smallest absolute Gasteiger partial charge is 0.408 e. The summed E-state index contributed by atoms with van der Waals surface area (Å²) >= 11 is 0. The maximum absolute atomic E-state index is 14.9. The van der Waals surface area contributed by atoms with Gasteiger partial charge in [-0.15, -0.1) is 0 Å². The first-order valence-corrected chi connectivity index (χ1v) is 9.16. The summed E-state index contributed by atoms with van der Waals surface area (Å²) in [6.07, 6.45) is -1.43. The van der Waals surface area contributed by atoms with Crippen molar-refractivity contribution in [3.63, 3.8) is 0 Å². The number of carbonyl (C=O) groups excluding carboxylic acids is 1. The number of halogens is 2. The van der Waals surface area contributed by atoms with Crippen LogP contribution < -0.4 is 5.32 Å². The molecule has 2 N–H and O–H groups in total. The van der Waals surface area contributed by atoms with Gasteiger partial charge in [-0.1, -0.05) is 12.1 Å². The molecule has 0 bridgehead atoms. The summed E-state index contributed by atoms with van der Waals surface area (Å²) in [5.41, 5.74) is 0.701. The Morgan fingerprint density at radius 1 is 1.14 bits per heavy atom. The van der Waals surface area contributed by atoms with E-state index >= 15 is 0 Å². The van der Waals surface area contributed by atoms with Gasteiger partial charge in [-0.05, 0) is 69.5 Å². The predicted molar refractivity (Wildman–Crippen MR) is 106 cm³/mol. The van der Waals surface area contributed by atoms with Gasteiger partial charge in [0, 0.05) is 11.1 Å². The summed E-state index contributed by atoms with van der Waals surface area (Å²) in [6.45, 7) is 8.20. The molecule has 0 aromatic heterocycles. The van der Waals surface area contributed by atoms with Crippen LogP contribution in [-0.4, -0.2) is 22.8 Å². The lowest BCUT2D eigenvalue weighted by atomic mass is 9.92. The molecule has 5 nitrogen and oxygen atoms in total. The summed E-state index contributed by atoms with van der Waals surface area (Å²) in [7, 11) is 0. The molecule has 0 saturated heterocycles. The molecule has 2 aromatic rings. The molecule has 0 fully saturated rings. The Morgan fingerprint density at radius 2 is 1.79 bits per heavy atom. The highest BCUT2D eigenvalue weighted by atomic mass is 19.1. The Hall–Kier alpha value is -2.96. The van der Waals surface area contributed by atoms with Gasteiger partial charge in [-0.3, -0.25) is 4.79 Å². The van der Waals surface area contributed by atoms with Crippen molar-refractivity contribution in [1.82, 2.24) is 5.32 Å². The van der Waals surface area contributed by atoms with E-state index in [1.54, 1.807) is 39.8 Å². The third-order valence-corrected chi connectivity index (χ3v) is 4.24. The fourth-order valence-corrected chi connectivity index (χ4v) is 3.06. The largest absolute Gasteiger partial charge is 0.481 e. The van der Waals surface area contributed by atoms with Crippen LogP contribution in [0.15, 0.2) is 30.3 Å². The molecular weight excluding hydrogens is 380 g/mol. The number of alkyl carbamates (subject to hydrolysis) is 1. The molecule has 0 heterocycles. The summed E-state index contributed by atoms with van der Waals surface area (Å²) < 4.78 is 34.5. The van der Waals surface area contributed by atoms with Crippen LogP contribution in [-0.2, 0) is 9.53 Å². The van der Waals surface area contributed by atoms with Gasteiger partial charge < -0.3 is 15.2 Å². The second kappa shape index (κ2) is 8.59. The fourth-order valence-electron chi connectivity index (χ4n) is 3.06. The highest BCUT2D eigenvalue weighted by molar-refractivity contribution is 5.74. The van der Waals surface area contributed by atoms with Gasteiger partial charge in [-0.2, -0.15) is 0 Å². The van der Waals surface area contributed by atoms with Gasteiger partial charge in [0.05, 0.1) is 12.5 Å². The van der Waals surface area contributed by atoms with E-state index in [0.29, 0.717) is 16.7 Å². The number of hydrogen-bond donors (Lipinski definition) is 2. The molecule has 1 atom stereocenters. The van der Waals surface area contributed by atoms with Crippen LogP contribution >= 0.6 is 0 Å². The number of rotatable bonds is 5.